The molecule has 0 aromatic carbocycles. The molecule has 0 N–H and O–H groups in total. The van der Waals surface area contributed by atoms with Gasteiger partial charge in [0.15, 0.2) is 17.5 Å². The predicted molar refractivity (Wildman–Crippen MR) is 82.5 cm³/mol. The first-order chi connectivity index (χ1) is 11.2. The summed E-state index contributed by atoms with van der Waals surface area (Å²) >= 11 is 0. The fraction of sp³-hybridized carbons (Fsp3) is 0.600. The van der Waals surface area contributed by atoms with Gasteiger partial charge in [-0.25, -0.2) is 14.1 Å². The number of hydrogen-bond acceptors (Lipinski definition) is 6. The molecule has 0 spiro atoms. The molecule has 7 nitrogen and oxygen atoms in total. The van der Waals surface area contributed by atoms with Gasteiger partial charge in [-0.3, -0.25) is 4.90 Å². The van der Waals surface area contributed by atoms with Crippen LogP contribution in [-0.4, -0.2) is 56.3 Å². The van der Waals surface area contributed by atoms with Crippen molar-refractivity contribution in [3.8, 4) is 0 Å². The minimum atomic E-state index is -0.258. The fourth-order valence-electron chi connectivity index (χ4n) is 3.15. The van der Waals surface area contributed by atoms with E-state index < -0.39 is 0 Å². The highest BCUT2D eigenvalue weighted by atomic mass is 19.1. The lowest BCUT2D eigenvalue weighted by atomic mass is 10.2. The molecule has 0 amide bonds. The van der Waals surface area contributed by atoms with Crippen LogP contribution in [0.4, 0.5) is 10.2 Å². The van der Waals surface area contributed by atoms with Crippen molar-refractivity contribution < 1.29 is 4.39 Å². The zero-order valence-corrected chi connectivity index (χ0v) is 13.1. The summed E-state index contributed by atoms with van der Waals surface area (Å²) < 4.78 is 15.8. The van der Waals surface area contributed by atoms with Crippen molar-refractivity contribution in [2.24, 2.45) is 0 Å². The lowest BCUT2D eigenvalue weighted by Gasteiger charge is -2.38. The molecule has 0 radical (unpaired) electrons. The molecular formula is C15H20FN7. The summed E-state index contributed by atoms with van der Waals surface area (Å²) in [6.45, 7) is 5.33. The first-order valence-corrected chi connectivity index (χ1v) is 8.11. The monoisotopic (exact) mass is 317 g/mol. The normalized spacial score (nSPS) is 20.7. The molecule has 0 bridgehead atoms. The van der Waals surface area contributed by atoms with Gasteiger partial charge in [-0.1, -0.05) is 0 Å². The van der Waals surface area contributed by atoms with E-state index in [9.17, 15) is 4.39 Å². The molecule has 8 heteroatoms. The average molecular weight is 317 g/mol. The fourth-order valence-corrected chi connectivity index (χ4v) is 3.15. The van der Waals surface area contributed by atoms with Crippen LogP contribution in [0.25, 0.3) is 0 Å². The van der Waals surface area contributed by atoms with Gasteiger partial charge in [0.05, 0.1) is 12.1 Å². The molecule has 23 heavy (non-hydrogen) atoms. The standard InChI is InChI=1S/C15H20FN7/c1-11(14-18-19-20-23(14)12-4-5-12)21-7-9-22(10-8-21)15-13(16)3-2-6-17-15/h2-3,6,11-12H,4-5,7-10H2,1H3/t11-/m0/s1. The molecule has 2 aliphatic rings. The first kappa shape index (κ1) is 14.5. The second kappa shape index (κ2) is 5.84. The predicted octanol–water partition coefficient (Wildman–Crippen LogP) is 1.43. The van der Waals surface area contributed by atoms with E-state index in [4.69, 9.17) is 0 Å². The highest BCUT2D eigenvalue weighted by Gasteiger charge is 2.32. The van der Waals surface area contributed by atoms with Crippen molar-refractivity contribution in [2.45, 2.75) is 31.8 Å². The molecule has 3 heterocycles. The van der Waals surface area contributed by atoms with Crippen molar-refractivity contribution >= 4 is 5.82 Å². The Labute approximate surface area is 134 Å². The molecule has 1 saturated carbocycles. The third-order valence-corrected chi connectivity index (χ3v) is 4.69. The zero-order valence-electron chi connectivity index (χ0n) is 13.1. The third kappa shape index (κ3) is 2.78. The van der Waals surface area contributed by atoms with Gasteiger partial charge in [0.2, 0.25) is 0 Å². The number of aromatic nitrogens is 5. The smallest absolute Gasteiger partial charge is 0.168 e. The molecule has 2 aromatic heterocycles. The van der Waals surface area contributed by atoms with E-state index >= 15 is 0 Å². The Hall–Kier alpha value is -2.09. The van der Waals surface area contributed by atoms with E-state index in [-0.39, 0.29) is 11.9 Å². The number of tetrazole rings is 1. The number of halogens is 1. The van der Waals surface area contributed by atoms with Crippen LogP contribution in [0.15, 0.2) is 18.3 Å². The van der Waals surface area contributed by atoms with Gasteiger partial charge >= 0.3 is 0 Å². The Morgan fingerprint density at radius 3 is 2.70 bits per heavy atom. The van der Waals surface area contributed by atoms with Crippen LogP contribution >= 0.6 is 0 Å². The summed E-state index contributed by atoms with van der Waals surface area (Å²) in [5.74, 6) is 1.12. The van der Waals surface area contributed by atoms with Crippen molar-refractivity contribution in [3.05, 3.63) is 30.0 Å². The van der Waals surface area contributed by atoms with E-state index in [1.165, 1.54) is 6.07 Å². The van der Waals surface area contributed by atoms with Crippen LogP contribution in [0.3, 0.4) is 0 Å². The summed E-state index contributed by atoms with van der Waals surface area (Å²) in [6, 6.07) is 3.73. The Balaban J connectivity index is 1.43. The van der Waals surface area contributed by atoms with Gasteiger partial charge in [-0.15, -0.1) is 5.10 Å². The minimum Gasteiger partial charge on any atom is -0.352 e. The van der Waals surface area contributed by atoms with Crippen molar-refractivity contribution in [3.63, 3.8) is 0 Å². The van der Waals surface area contributed by atoms with Gasteiger partial charge in [-0.2, -0.15) is 0 Å². The van der Waals surface area contributed by atoms with E-state index in [1.807, 2.05) is 9.58 Å². The molecule has 2 fully saturated rings. The molecule has 1 aliphatic carbocycles. The van der Waals surface area contributed by atoms with Crippen LogP contribution in [0, 0.1) is 5.82 Å². The Bertz CT molecular complexity index is 676. The maximum Gasteiger partial charge on any atom is 0.168 e. The highest BCUT2D eigenvalue weighted by Crippen LogP contribution is 2.36. The topological polar surface area (TPSA) is 63.0 Å². The number of nitrogens with zero attached hydrogens (tertiary/aromatic N) is 7. The second-order valence-corrected chi connectivity index (χ2v) is 6.22. The highest BCUT2D eigenvalue weighted by molar-refractivity contribution is 5.40. The summed E-state index contributed by atoms with van der Waals surface area (Å²) in [6.07, 6.45) is 3.96. The molecule has 4 rings (SSSR count). The molecule has 1 atom stereocenters. The van der Waals surface area contributed by atoms with Crippen LogP contribution < -0.4 is 4.90 Å². The van der Waals surface area contributed by atoms with E-state index in [0.29, 0.717) is 11.9 Å². The molecule has 1 saturated heterocycles. The Morgan fingerprint density at radius 2 is 2.00 bits per heavy atom. The SMILES string of the molecule is C[C@@H](c1nnnn1C1CC1)N1CCN(c2ncccc2F)CC1. The van der Waals surface area contributed by atoms with E-state index in [0.717, 1.165) is 44.8 Å². The lowest BCUT2D eigenvalue weighted by Crippen LogP contribution is -2.48. The van der Waals surface area contributed by atoms with Crippen LogP contribution in [-0.2, 0) is 0 Å². The van der Waals surface area contributed by atoms with Gasteiger partial charge in [-0.05, 0) is 42.3 Å². The maximum atomic E-state index is 13.9. The zero-order chi connectivity index (χ0) is 15.8. The minimum absolute atomic E-state index is 0.168. The van der Waals surface area contributed by atoms with Gasteiger partial charge in [0, 0.05) is 32.4 Å². The quantitative estimate of drug-likeness (QED) is 0.850. The van der Waals surface area contributed by atoms with Gasteiger partial charge < -0.3 is 4.90 Å². The Kier molecular flexibility index (Phi) is 3.68. The maximum absolute atomic E-state index is 13.9. The molecule has 122 valence electrons. The van der Waals surface area contributed by atoms with Crippen molar-refractivity contribution in [1.29, 1.82) is 0 Å². The van der Waals surface area contributed by atoms with Crippen LogP contribution in [0.2, 0.25) is 0 Å². The number of pyridine rings is 1. The largest absolute Gasteiger partial charge is 0.352 e. The number of anilines is 1. The van der Waals surface area contributed by atoms with Gasteiger partial charge in [0.1, 0.15) is 0 Å². The lowest BCUT2D eigenvalue weighted by molar-refractivity contribution is 0.186. The second-order valence-electron chi connectivity index (χ2n) is 6.22. The van der Waals surface area contributed by atoms with E-state index in [1.54, 1.807) is 12.3 Å². The van der Waals surface area contributed by atoms with Crippen LogP contribution in [0.1, 0.15) is 37.7 Å². The van der Waals surface area contributed by atoms with Crippen molar-refractivity contribution in [1.82, 2.24) is 30.1 Å². The summed E-state index contributed by atoms with van der Waals surface area (Å²) in [5.41, 5.74) is 0. The van der Waals surface area contributed by atoms with E-state index in [2.05, 4.69) is 32.3 Å². The Morgan fingerprint density at radius 1 is 1.22 bits per heavy atom. The van der Waals surface area contributed by atoms with Crippen molar-refractivity contribution in [2.75, 3.05) is 31.1 Å². The summed E-state index contributed by atoms with van der Waals surface area (Å²) in [4.78, 5) is 8.51. The molecule has 2 aromatic rings. The number of piperazine rings is 1. The molecule has 0 unspecified atom stereocenters. The summed E-state index contributed by atoms with van der Waals surface area (Å²) in [7, 11) is 0. The number of rotatable bonds is 4. The third-order valence-electron chi connectivity index (χ3n) is 4.69. The number of hydrogen-bond donors (Lipinski definition) is 0. The molecular weight excluding hydrogens is 297 g/mol. The summed E-state index contributed by atoms with van der Waals surface area (Å²) in [5, 5.41) is 12.2. The van der Waals surface area contributed by atoms with Crippen LogP contribution in [0.5, 0.6) is 0 Å². The average Bonchev–Trinajstić information content (AvgIpc) is 3.32. The molecule has 1 aliphatic heterocycles. The first-order valence-electron chi connectivity index (χ1n) is 8.11. The van der Waals surface area contributed by atoms with Gasteiger partial charge in [0.25, 0.3) is 0 Å².